The molecule has 5 nitrogen and oxygen atoms in total. The largest absolute Gasteiger partial charge is 0.374 e. The first-order chi connectivity index (χ1) is 8.52. The second kappa shape index (κ2) is 6.64. The van der Waals surface area contributed by atoms with E-state index in [1.54, 1.807) is 13.8 Å². The molecule has 0 bridgehead atoms. The molecule has 0 fully saturated rings. The minimum Gasteiger partial charge on any atom is -0.374 e. The normalized spacial score (nSPS) is 11.5. The summed E-state index contributed by atoms with van der Waals surface area (Å²) in [6.07, 6.45) is 0. The van der Waals surface area contributed by atoms with Crippen LogP contribution >= 0.6 is 0 Å². The molecule has 3 N–H and O–H groups in total. The molecule has 1 atom stereocenters. The maximum absolute atomic E-state index is 11.7. The quantitative estimate of drug-likeness (QED) is 0.759. The van der Waals surface area contributed by atoms with Gasteiger partial charge in [-0.05, 0) is 32.9 Å². The molecule has 0 aromatic heterocycles. The highest BCUT2D eigenvalue weighted by Gasteiger charge is 2.14. The van der Waals surface area contributed by atoms with Gasteiger partial charge in [0.05, 0.1) is 0 Å². The maximum Gasteiger partial charge on any atom is 0.321 e. The molecule has 1 aromatic carbocycles. The molecule has 1 aromatic rings. The van der Waals surface area contributed by atoms with Gasteiger partial charge in [0.1, 0.15) is 6.04 Å². The second-order valence-corrected chi connectivity index (χ2v) is 4.08. The highest BCUT2D eigenvalue weighted by Crippen LogP contribution is 2.09. The minimum absolute atomic E-state index is 0.360. The summed E-state index contributed by atoms with van der Waals surface area (Å²) in [4.78, 5) is 22.8. The maximum atomic E-state index is 11.7. The predicted octanol–water partition coefficient (Wildman–Crippen LogP) is 1.64. The number of benzene rings is 1. The van der Waals surface area contributed by atoms with Crippen molar-refractivity contribution in [3.8, 4) is 0 Å². The van der Waals surface area contributed by atoms with Crippen molar-refractivity contribution in [2.75, 3.05) is 11.9 Å². The van der Waals surface area contributed by atoms with Crippen molar-refractivity contribution in [2.24, 2.45) is 0 Å². The Bertz CT molecular complexity index is 415. The Morgan fingerprint density at radius 3 is 2.39 bits per heavy atom. The molecule has 0 saturated heterocycles. The lowest BCUT2D eigenvalue weighted by Crippen LogP contribution is -2.45. The van der Waals surface area contributed by atoms with E-state index in [0.29, 0.717) is 6.54 Å². The van der Waals surface area contributed by atoms with Gasteiger partial charge < -0.3 is 10.6 Å². The standard InChI is InChI=1S/C13H19N3O2/c1-4-14-13(18)16-12(17)10(3)15-11-7-5-9(2)6-8-11/h5-8,10,15H,4H2,1-3H3,(H2,14,16,17,18). The molecule has 0 aliphatic carbocycles. The molecule has 3 amide bonds. The van der Waals surface area contributed by atoms with E-state index in [9.17, 15) is 9.59 Å². The Balaban J connectivity index is 2.49. The Kier molecular flexibility index (Phi) is 5.17. The Morgan fingerprint density at radius 2 is 1.83 bits per heavy atom. The van der Waals surface area contributed by atoms with E-state index in [-0.39, 0.29) is 5.91 Å². The van der Waals surface area contributed by atoms with Crippen molar-refractivity contribution in [1.29, 1.82) is 0 Å². The zero-order valence-corrected chi connectivity index (χ0v) is 10.9. The van der Waals surface area contributed by atoms with Crippen LogP contribution in [0.5, 0.6) is 0 Å². The monoisotopic (exact) mass is 249 g/mol. The molecular weight excluding hydrogens is 230 g/mol. The molecule has 0 radical (unpaired) electrons. The van der Waals surface area contributed by atoms with E-state index in [1.807, 2.05) is 31.2 Å². The van der Waals surface area contributed by atoms with Crippen LogP contribution in [0.15, 0.2) is 24.3 Å². The molecule has 1 rings (SSSR count). The van der Waals surface area contributed by atoms with Crippen LogP contribution in [0.4, 0.5) is 10.5 Å². The summed E-state index contributed by atoms with van der Waals surface area (Å²) in [5.74, 6) is -0.360. The lowest BCUT2D eigenvalue weighted by molar-refractivity contribution is -0.120. The third-order valence-electron chi connectivity index (χ3n) is 2.40. The third kappa shape index (κ3) is 4.45. The summed E-state index contributed by atoms with van der Waals surface area (Å²) in [6, 6.07) is 6.75. The first-order valence-electron chi connectivity index (χ1n) is 5.94. The average molecular weight is 249 g/mol. The van der Waals surface area contributed by atoms with E-state index in [2.05, 4.69) is 16.0 Å². The highest BCUT2D eigenvalue weighted by atomic mass is 16.2. The predicted molar refractivity (Wildman–Crippen MR) is 71.5 cm³/mol. The van der Waals surface area contributed by atoms with Crippen molar-refractivity contribution in [2.45, 2.75) is 26.8 Å². The number of hydrogen-bond acceptors (Lipinski definition) is 3. The van der Waals surface area contributed by atoms with E-state index in [0.717, 1.165) is 11.3 Å². The van der Waals surface area contributed by atoms with Crippen molar-refractivity contribution in [3.63, 3.8) is 0 Å². The number of carbonyl (C=O) groups is 2. The van der Waals surface area contributed by atoms with Crippen LogP contribution in [-0.4, -0.2) is 24.5 Å². The number of rotatable bonds is 4. The highest BCUT2D eigenvalue weighted by molar-refractivity contribution is 5.97. The SMILES string of the molecule is CCNC(=O)NC(=O)C(C)Nc1ccc(C)cc1. The van der Waals surface area contributed by atoms with Crippen molar-refractivity contribution in [3.05, 3.63) is 29.8 Å². The molecule has 18 heavy (non-hydrogen) atoms. The zero-order chi connectivity index (χ0) is 13.5. The number of carbonyl (C=O) groups excluding carboxylic acids is 2. The van der Waals surface area contributed by atoms with Crippen molar-refractivity contribution in [1.82, 2.24) is 10.6 Å². The summed E-state index contributed by atoms with van der Waals surface area (Å²) < 4.78 is 0. The van der Waals surface area contributed by atoms with E-state index >= 15 is 0 Å². The number of imide groups is 1. The van der Waals surface area contributed by atoms with Crippen molar-refractivity contribution >= 4 is 17.6 Å². The van der Waals surface area contributed by atoms with E-state index in [4.69, 9.17) is 0 Å². The lowest BCUT2D eigenvalue weighted by atomic mass is 10.2. The van der Waals surface area contributed by atoms with Crippen LogP contribution in [-0.2, 0) is 4.79 Å². The Labute approximate surface area is 107 Å². The van der Waals surface area contributed by atoms with Crippen LogP contribution in [0.25, 0.3) is 0 Å². The lowest BCUT2D eigenvalue weighted by Gasteiger charge is -2.14. The molecule has 0 heterocycles. The second-order valence-electron chi connectivity index (χ2n) is 4.08. The van der Waals surface area contributed by atoms with Crippen LogP contribution in [0.2, 0.25) is 0 Å². The van der Waals surface area contributed by atoms with Crippen LogP contribution in [0.1, 0.15) is 19.4 Å². The average Bonchev–Trinajstić information content (AvgIpc) is 2.32. The van der Waals surface area contributed by atoms with Gasteiger partial charge in [-0.15, -0.1) is 0 Å². The van der Waals surface area contributed by atoms with Crippen LogP contribution < -0.4 is 16.0 Å². The number of nitrogens with one attached hydrogen (secondary N) is 3. The number of amides is 3. The fraction of sp³-hybridized carbons (Fsp3) is 0.385. The molecular formula is C13H19N3O2. The van der Waals surface area contributed by atoms with Gasteiger partial charge in [0.2, 0.25) is 5.91 Å². The molecule has 0 aliphatic heterocycles. The summed E-state index contributed by atoms with van der Waals surface area (Å²) >= 11 is 0. The molecule has 5 heteroatoms. The third-order valence-corrected chi connectivity index (χ3v) is 2.40. The Hall–Kier alpha value is -2.04. The number of urea groups is 1. The van der Waals surface area contributed by atoms with E-state index < -0.39 is 12.1 Å². The fourth-order valence-electron chi connectivity index (χ4n) is 1.39. The number of hydrogen-bond donors (Lipinski definition) is 3. The first-order valence-corrected chi connectivity index (χ1v) is 5.94. The minimum atomic E-state index is -0.477. The van der Waals surface area contributed by atoms with Gasteiger partial charge in [0, 0.05) is 12.2 Å². The van der Waals surface area contributed by atoms with Crippen LogP contribution in [0.3, 0.4) is 0 Å². The molecule has 0 spiro atoms. The molecule has 98 valence electrons. The number of anilines is 1. The van der Waals surface area contributed by atoms with Crippen molar-refractivity contribution < 1.29 is 9.59 Å². The first kappa shape index (κ1) is 14.0. The van der Waals surface area contributed by atoms with Gasteiger partial charge >= 0.3 is 6.03 Å². The summed E-state index contributed by atoms with van der Waals surface area (Å²) in [7, 11) is 0. The summed E-state index contributed by atoms with van der Waals surface area (Å²) in [6.45, 7) is 5.97. The fourth-order valence-corrected chi connectivity index (χ4v) is 1.39. The topological polar surface area (TPSA) is 70.2 Å². The van der Waals surface area contributed by atoms with E-state index in [1.165, 1.54) is 0 Å². The smallest absolute Gasteiger partial charge is 0.321 e. The van der Waals surface area contributed by atoms with Crippen LogP contribution in [0, 0.1) is 6.92 Å². The summed E-state index contributed by atoms with van der Waals surface area (Å²) in [5.41, 5.74) is 2.00. The zero-order valence-electron chi connectivity index (χ0n) is 10.9. The molecule has 0 saturated carbocycles. The van der Waals surface area contributed by atoms with Gasteiger partial charge in [-0.1, -0.05) is 17.7 Å². The van der Waals surface area contributed by atoms with Gasteiger partial charge in [-0.2, -0.15) is 0 Å². The van der Waals surface area contributed by atoms with Gasteiger partial charge in [-0.25, -0.2) is 4.79 Å². The Morgan fingerprint density at radius 1 is 1.22 bits per heavy atom. The number of aryl methyl sites for hydroxylation is 1. The molecule has 0 aliphatic rings. The summed E-state index contributed by atoms with van der Waals surface area (Å²) in [5, 5.41) is 7.79. The van der Waals surface area contributed by atoms with Gasteiger partial charge in [0.25, 0.3) is 0 Å². The van der Waals surface area contributed by atoms with Gasteiger partial charge in [-0.3, -0.25) is 10.1 Å². The van der Waals surface area contributed by atoms with Gasteiger partial charge in [0.15, 0.2) is 0 Å². The molecule has 1 unspecified atom stereocenters.